The zero-order valence-corrected chi connectivity index (χ0v) is 20.4. The van der Waals surface area contributed by atoms with Crippen molar-refractivity contribution in [2.24, 2.45) is 0 Å². The smallest absolute Gasteiger partial charge is 0.155 e. The van der Waals surface area contributed by atoms with Crippen LogP contribution in [0, 0.1) is 11.3 Å². The second-order valence-electron chi connectivity index (χ2n) is 7.74. The fourth-order valence-corrected chi connectivity index (χ4v) is 4.96. The summed E-state index contributed by atoms with van der Waals surface area (Å²) in [5.41, 5.74) is 3.65. The number of alkyl halides is 1. The molecule has 2 aromatic carbocycles. The van der Waals surface area contributed by atoms with Crippen LogP contribution in [0.2, 0.25) is 5.02 Å². The maximum Gasteiger partial charge on any atom is 0.155 e. The molecular formula is C24H26Cl2N4OS. The molecule has 8 heteroatoms. The number of halogens is 2. The Morgan fingerprint density at radius 3 is 2.66 bits per heavy atom. The first-order chi connectivity index (χ1) is 15.6. The lowest BCUT2D eigenvalue weighted by Crippen LogP contribution is -2.43. The Bertz CT molecular complexity index is 1120. The molecule has 0 spiro atoms. The van der Waals surface area contributed by atoms with E-state index in [1.807, 2.05) is 24.2 Å². The molecule has 0 radical (unpaired) electrons. The van der Waals surface area contributed by atoms with Gasteiger partial charge < -0.3 is 14.2 Å². The predicted molar refractivity (Wildman–Crippen MR) is 134 cm³/mol. The summed E-state index contributed by atoms with van der Waals surface area (Å²) in [4.78, 5) is 2.54. The number of hydrogen-bond acceptors (Lipinski definition) is 5. The van der Waals surface area contributed by atoms with Crippen LogP contribution < -0.4 is 4.74 Å². The molecule has 0 N–H and O–H groups in total. The lowest BCUT2D eigenvalue weighted by Gasteiger charge is -2.33. The molecule has 1 fully saturated rings. The Hall–Kier alpha value is -1.88. The molecule has 1 aliphatic heterocycles. The lowest BCUT2D eigenvalue weighted by molar-refractivity contribution is 0.198. The molecule has 0 amide bonds. The minimum absolute atomic E-state index is 0.303. The number of aromatic nitrogens is 1. The lowest BCUT2D eigenvalue weighted by atomic mass is 10.1. The molecule has 3 aromatic rings. The molecule has 4 rings (SSSR count). The Kier molecular flexibility index (Phi) is 7.88. The molecule has 32 heavy (non-hydrogen) atoms. The number of rotatable bonds is 8. The van der Waals surface area contributed by atoms with Gasteiger partial charge in [-0.2, -0.15) is 5.26 Å². The van der Waals surface area contributed by atoms with E-state index in [0.29, 0.717) is 28.8 Å². The van der Waals surface area contributed by atoms with E-state index in [-0.39, 0.29) is 0 Å². The first kappa shape index (κ1) is 23.3. The summed E-state index contributed by atoms with van der Waals surface area (Å²) in [6.07, 6.45) is 5.20. The van der Waals surface area contributed by atoms with Crippen LogP contribution in [0.4, 0.5) is 0 Å². The van der Waals surface area contributed by atoms with Crippen LogP contribution in [0.3, 0.4) is 0 Å². The van der Waals surface area contributed by atoms with Gasteiger partial charge in [-0.25, -0.2) is 4.31 Å². The van der Waals surface area contributed by atoms with Gasteiger partial charge in [-0.3, -0.25) is 0 Å². The normalized spacial score (nSPS) is 15.2. The number of nitriles is 1. The van der Waals surface area contributed by atoms with E-state index in [1.165, 1.54) is 10.9 Å². The molecule has 1 aliphatic rings. The maximum absolute atomic E-state index is 9.57. The summed E-state index contributed by atoms with van der Waals surface area (Å²) in [7, 11) is 0. The van der Waals surface area contributed by atoms with Crippen LogP contribution in [0.25, 0.3) is 16.6 Å². The summed E-state index contributed by atoms with van der Waals surface area (Å²) in [6.45, 7) is 5.91. The summed E-state index contributed by atoms with van der Waals surface area (Å²) < 4.78 is 10.0. The van der Waals surface area contributed by atoms with E-state index in [1.54, 1.807) is 6.07 Å². The van der Waals surface area contributed by atoms with Crippen molar-refractivity contribution >= 4 is 46.1 Å². The average Bonchev–Trinajstić information content (AvgIpc) is 3.25. The Morgan fingerprint density at radius 1 is 1.12 bits per heavy atom. The van der Waals surface area contributed by atoms with Gasteiger partial charge in [0.05, 0.1) is 22.0 Å². The van der Waals surface area contributed by atoms with E-state index < -0.39 is 0 Å². The van der Waals surface area contributed by atoms with Crippen LogP contribution >= 0.6 is 35.1 Å². The summed E-state index contributed by atoms with van der Waals surface area (Å²) in [5.74, 6) is 0.720. The highest BCUT2D eigenvalue weighted by molar-refractivity contribution is 7.96. The number of fused-ring (bicyclic) bond motifs is 1. The minimum atomic E-state index is 0.303. The molecule has 0 bridgehead atoms. The van der Waals surface area contributed by atoms with Gasteiger partial charge in [0.1, 0.15) is 12.7 Å². The predicted octanol–water partition coefficient (Wildman–Crippen LogP) is 5.21. The average molecular weight is 489 g/mol. The van der Waals surface area contributed by atoms with Gasteiger partial charge in [-0.05, 0) is 48.6 Å². The van der Waals surface area contributed by atoms with Gasteiger partial charge >= 0.3 is 0 Å². The molecule has 0 saturated carbocycles. The van der Waals surface area contributed by atoms with Crippen LogP contribution in [-0.4, -0.2) is 65.2 Å². The van der Waals surface area contributed by atoms with E-state index in [0.717, 1.165) is 50.3 Å². The summed E-state index contributed by atoms with van der Waals surface area (Å²) >= 11 is 14.0. The van der Waals surface area contributed by atoms with Crippen LogP contribution in [0.5, 0.6) is 5.75 Å². The van der Waals surface area contributed by atoms with Crippen LogP contribution in [0.15, 0.2) is 42.6 Å². The number of piperazine rings is 1. The standard InChI is InChI=1S/C24H26Cl2N4OS/c1-32-29-11-9-28(10-12-29)7-4-18-2-3-23-19(14-18)5-8-30(23)21-15-20(17-27)24(22(26)16-21)31-13-6-25/h2-3,5,8,14-16H,4,6-7,9-13H2,1H3. The molecule has 1 saturated heterocycles. The molecule has 2 heterocycles. The minimum Gasteiger partial charge on any atom is -0.489 e. The summed E-state index contributed by atoms with van der Waals surface area (Å²) in [6, 6.07) is 14.5. The second-order valence-corrected chi connectivity index (χ2v) is 9.40. The van der Waals surface area contributed by atoms with E-state index in [9.17, 15) is 5.26 Å². The van der Waals surface area contributed by atoms with Crippen molar-refractivity contribution in [3.63, 3.8) is 0 Å². The Labute approximate surface area is 203 Å². The quantitative estimate of drug-likeness (QED) is 0.321. The highest BCUT2D eigenvalue weighted by Crippen LogP contribution is 2.33. The fourth-order valence-electron chi connectivity index (χ4n) is 4.08. The van der Waals surface area contributed by atoms with Gasteiger partial charge in [0.2, 0.25) is 0 Å². The third kappa shape index (κ3) is 5.19. The van der Waals surface area contributed by atoms with Gasteiger partial charge in [0.25, 0.3) is 0 Å². The van der Waals surface area contributed by atoms with E-state index in [2.05, 4.69) is 50.4 Å². The number of benzene rings is 2. The van der Waals surface area contributed by atoms with Crippen molar-refractivity contribution in [2.75, 3.05) is 51.5 Å². The zero-order valence-electron chi connectivity index (χ0n) is 18.1. The maximum atomic E-state index is 9.57. The van der Waals surface area contributed by atoms with Crippen LogP contribution in [-0.2, 0) is 6.42 Å². The van der Waals surface area contributed by atoms with Crippen molar-refractivity contribution in [1.82, 2.24) is 13.8 Å². The monoisotopic (exact) mass is 488 g/mol. The molecular weight excluding hydrogens is 463 g/mol. The van der Waals surface area contributed by atoms with E-state index in [4.69, 9.17) is 27.9 Å². The highest BCUT2D eigenvalue weighted by atomic mass is 35.5. The zero-order chi connectivity index (χ0) is 22.5. The second kappa shape index (κ2) is 10.8. The van der Waals surface area contributed by atoms with Gasteiger partial charge in [-0.15, -0.1) is 11.6 Å². The third-order valence-electron chi connectivity index (χ3n) is 5.81. The first-order valence-electron chi connectivity index (χ1n) is 10.7. The van der Waals surface area contributed by atoms with Gasteiger partial charge in [0.15, 0.2) is 5.75 Å². The van der Waals surface area contributed by atoms with Gasteiger partial charge in [0, 0.05) is 50.0 Å². The molecule has 0 unspecified atom stereocenters. The number of ether oxygens (including phenoxy) is 1. The number of nitrogens with zero attached hydrogens (tertiary/aromatic N) is 4. The first-order valence-corrected chi connectivity index (χ1v) is 12.8. The molecule has 1 aromatic heterocycles. The summed E-state index contributed by atoms with van der Waals surface area (Å²) in [5, 5.41) is 11.1. The fraction of sp³-hybridized carbons (Fsp3) is 0.375. The van der Waals surface area contributed by atoms with Crippen LogP contribution in [0.1, 0.15) is 11.1 Å². The van der Waals surface area contributed by atoms with Crippen molar-refractivity contribution in [3.8, 4) is 17.5 Å². The van der Waals surface area contributed by atoms with Crippen molar-refractivity contribution in [2.45, 2.75) is 6.42 Å². The van der Waals surface area contributed by atoms with Crippen molar-refractivity contribution < 1.29 is 4.74 Å². The molecule has 168 valence electrons. The highest BCUT2D eigenvalue weighted by Gasteiger charge is 2.16. The van der Waals surface area contributed by atoms with E-state index >= 15 is 0 Å². The topological polar surface area (TPSA) is 44.4 Å². The van der Waals surface area contributed by atoms with Gasteiger partial charge in [-0.1, -0.05) is 29.6 Å². The van der Waals surface area contributed by atoms with Crippen molar-refractivity contribution in [3.05, 3.63) is 58.7 Å². The largest absolute Gasteiger partial charge is 0.489 e. The molecule has 5 nitrogen and oxygen atoms in total. The molecule has 0 atom stereocenters. The number of hydrogen-bond donors (Lipinski definition) is 0. The van der Waals surface area contributed by atoms with Crippen molar-refractivity contribution in [1.29, 1.82) is 5.26 Å². The SMILES string of the molecule is CSN1CCN(CCc2ccc3c(ccn3-c3cc(Cl)c(OCCCl)c(C#N)c3)c2)CC1. The molecule has 0 aliphatic carbocycles. The third-order valence-corrected chi connectivity index (χ3v) is 7.13. The Morgan fingerprint density at radius 2 is 1.94 bits per heavy atom. The Balaban J connectivity index is 1.51.